The van der Waals surface area contributed by atoms with Gasteiger partial charge in [0.2, 0.25) is 0 Å². The Morgan fingerprint density at radius 2 is 1.50 bits per heavy atom. The number of para-hydroxylation sites is 1. The molecular weight excluding hydrogens is 456 g/mol. The highest BCUT2D eigenvalue weighted by molar-refractivity contribution is 9.10. The van der Waals surface area contributed by atoms with E-state index < -0.39 is 0 Å². The molecule has 0 saturated carbocycles. The number of hydrogen-bond donors (Lipinski definition) is 0. The summed E-state index contributed by atoms with van der Waals surface area (Å²) in [4.78, 5) is 18.2. The zero-order valence-corrected chi connectivity index (χ0v) is 18.4. The minimum atomic E-state index is -0.0525. The second kappa shape index (κ2) is 8.09. The maximum Gasteiger partial charge on any atom is 0.266 e. The van der Waals surface area contributed by atoms with Gasteiger partial charge in [-0.3, -0.25) is 9.36 Å². The molecule has 5 heteroatoms. The summed E-state index contributed by atoms with van der Waals surface area (Å²) in [7, 11) is 0. The summed E-state index contributed by atoms with van der Waals surface area (Å²) in [6.45, 7) is 0. The zero-order chi connectivity index (χ0) is 20.5. The first kappa shape index (κ1) is 19.1. The summed E-state index contributed by atoms with van der Waals surface area (Å²) in [6.07, 6.45) is 0. The first-order valence-electron chi connectivity index (χ1n) is 9.58. The molecule has 0 bridgehead atoms. The van der Waals surface area contributed by atoms with Crippen molar-refractivity contribution in [3.8, 4) is 5.69 Å². The van der Waals surface area contributed by atoms with Gasteiger partial charge in [0.15, 0.2) is 5.16 Å². The topological polar surface area (TPSA) is 34.9 Å². The second-order valence-electron chi connectivity index (χ2n) is 6.96. The fraction of sp³-hybridized carbons (Fsp3) is 0.0400. The van der Waals surface area contributed by atoms with Crippen molar-refractivity contribution < 1.29 is 0 Å². The third kappa shape index (κ3) is 3.55. The molecule has 146 valence electrons. The number of benzene rings is 4. The van der Waals surface area contributed by atoms with E-state index in [9.17, 15) is 4.79 Å². The summed E-state index contributed by atoms with van der Waals surface area (Å²) in [6, 6.07) is 30.0. The summed E-state index contributed by atoms with van der Waals surface area (Å²) >= 11 is 5.05. The van der Waals surface area contributed by atoms with Crippen LogP contribution in [0, 0.1) is 0 Å². The molecule has 0 atom stereocenters. The van der Waals surface area contributed by atoms with E-state index in [0.717, 1.165) is 21.4 Å². The molecule has 0 N–H and O–H groups in total. The number of fused-ring (bicyclic) bond motifs is 2. The molecule has 0 spiro atoms. The lowest BCUT2D eigenvalue weighted by molar-refractivity contribution is 0.819. The minimum Gasteiger partial charge on any atom is -0.268 e. The molecule has 0 amide bonds. The first-order valence-corrected chi connectivity index (χ1v) is 11.4. The third-order valence-corrected chi connectivity index (χ3v) is 6.58. The highest BCUT2D eigenvalue weighted by Gasteiger charge is 2.14. The Kier molecular flexibility index (Phi) is 5.15. The van der Waals surface area contributed by atoms with Crippen LogP contribution in [0.25, 0.3) is 27.4 Å². The molecule has 5 rings (SSSR count). The second-order valence-corrected chi connectivity index (χ2v) is 8.81. The Morgan fingerprint density at radius 1 is 0.800 bits per heavy atom. The van der Waals surface area contributed by atoms with E-state index in [0.29, 0.717) is 10.5 Å². The van der Waals surface area contributed by atoms with Gasteiger partial charge in [-0.15, -0.1) is 0 Å². The van der Waals surface area contributed by atoms with Crippen LogP contribution in [0.3, 0.4) is 0 Å². The van der Waals surface area contributed by atoms with E-state index in [1.807, 2.05) is 48.5 Å². The molecule has 4 aromatic carbocycles. The molecule has 0 fully saturated rings. The van der Waals surface area contributed by atoms with Gasteiger partial charge in [0.1, 0.15) is 0 Å². The van der Waals surface area contributed by atoms with Crippen LogP contribution in [-0.2, 0) is 5.75 Å². The highest BCUT2D eigenvalue weighted by Crippen LogP contribution is 2.28. The number of halogens is 1. The van der Waals surface area contributed by atoms with Crippen molar-refractivity contribution in [2.24, 2.45) is 0 Å². The predicted molar refractivity (Wildman–Crippen MR) is 129 cm³/mol. The van der Waals surface area contributed by atoms with Gasteiger partial charge in [0, 0.05) is 10.2 Å². The van der Waals surface area contributed by atoms with Crippen molar-refractivity contribution in [1.82, 2.24) is 9.55 Å². The van der Waals surface area contributed by atoms with Gasteiger partial charge in [-0.05, 0) is 52.7 Å². The zero-order valence-electron chi connectivity index (χ0n) is 16.0. The average molecular weight is 473 g/mol. The molecule has 30 heavy (non-hydrogen) atoms. The van der Waals surface area contributed by atoms with Crippen LogP contribution < -0.4 is 5.56 Å². The van der Waals surface area contributed by atoms with Gasteiger partial charge in [0.25, 0.3) is 5.56 Å². The number of nitrogens with zero attached hydrogens (tertiary/aromatic N) is 2. The molecule has 0 aliphatic heterocycles. The average Bonchev–Trinajstić information content (AvgIpc) is 2.79. The molecule has 3 nitrogen and oxygen atoms in total. The van der Waals surface area contributed by atoms with Crippen molar-refractivity contribution in [2.45, 2.75) is 10.9 Å². The summed E-state index contributed by atoms with van der Waals surface area (Å²) in [5.41, 5.74) is 2.70. The quantitative estimate of drug-likeness (QED) is 0.218. The molecular formula is C25H17BrN2OS. The molecule has 0 radical (unpaired) electrons. The fourth-order valence-corrected chi connectivity index (χ4v) is 4.87. The molecule has 0 unspecified atom stereocenters. The SMILES string of the molecule is O=c1c2ccccc2nc(SCc2cccc3ccccc23)n1-c1ccc(Br)cc1. The normalized spacial score (nSPS) is 11.2. The van der Waals surface area contributed by atoms with Gasteiger partial charge in [-0.1, -0.05) is 82.3 Å². The van der Waals surface area contributed by atoms with Crippen LogP contribution in [0.4, 0.5) is 0 Å². The molecule has 5 aromatic rings. The van der Waals surface area contributed by atoms with E-state index in [4.69, 9.17) is 4.98 Å². The minimum absolute atomic E-state index is 0.0525. The van der Waals surface area contributed by atoms with Crippen LogP contribution in [0.15, 0.2) is 105 Å². The lowest BCUT2D eigenvalue weighted by atomic mass is 10.1. The van der Waals surface area contributed by atoms with Crippen LogP contribution in [0.1, 0.15) is 5.56 Å². The van der Waals surface area contributed by atoms with Crippen molar-refractivity contribution in [3.05, 3.63) is 111 Å². The Bertz CT molecular complexity index is 1420. The lowest BCUT2D eigenvalue weighted by Crippen LogP contribution is -2.21. The van der Waals surface area contributed by atoms with Crippen molar-refractivity contribution in [3.63, 3.8) is 0 Å². The number of aromatic nitrogens is 2. The van der Waals surface area contributed by atoms with Crippen molar-refractivity contribution >= 4 is 49.4 Å². The molecule has 1 heterocycles. The molecule has 1 aromatic heterocycles. The smallest absolute Gasteiger partial charge is 0.266 e. The number of hydrogen-bond acceptors (Lipinski definition) is 3. The molecule has 0 saturated heterocycles. The Labute approximate surface area is 186 Å². The number of rotatable bonds is 4. The van der Waals surface area contributed by atoms with Crippen LogP contribution in [0.5, 0.6) is 0 Å². The van der Waals surface area contributed by atoms with Gasteiger partial charge in [-0.2, -0.15) is 0 Å². The van der Waals surface area contributed by atoms with E-state index in [-0.39, 0.29) is 5.56 Å². The van der Waals surface area contributed by atoms with Gasteiger partial charge < -0.3 is 0 Å². The van der Waals surface area contributed by atoms with Crippen LogP contribution >= 0.6 is 27.7 Å². The third-order valence-electron chi connectivity index (χ3n) is 5.07. The highest BCUT2D eigenvalue weighted by atomic mass is 79.9. The largest absolute Gasteiger partial charge is 0.268 e. The summed E-state index contributed by atoms with van der Waals surface area (Å²) < 4.78 is 2.68. The van der Waals surface area contributed by atoms with Gasteiger partial charge >= 0.3 is 0 Å². The number of thioether (sulfide) groups is 1. The monoisotopic (exact) mass is 472 g/mol. The van der Waals surface area contributed by atoms with E-state index in [1.165, 1.54) is 16.3 Å². The predicted octanol–water partition coefficient (Wildman–Crippen LogP) is 6.59. The van der Waals surface area contributed by atoms with Crippen molar-refractivity contribution in [1.29, 1.82) is 0 Å². The Hall–Kier alpha value is -2.89. The maximum atomic E-state index is 13.4. The van der Waals surface area contributed by atoms with E-state index in [1.54, 1.807) is 16.3 Å². The van der Waals surface area contributed by atoms with E-state index >= 15 is 0 Å². The standard InChI is InChI=1S/C25H17BrN2OS/c26-19-12-14-20(15-13-19)28-24(29)22-10-3-4-11-23(22)27-25(28)30-16-18-8-5-7-17-6-1-2-9-21(17)18/h1-15H,16H2. The van der Waals surface area contributed by atoms with Gasteiger partial charge in [-0.25, -0.2) is 4.98 Å². The van der Waals surface area contributed by atoms with E-state index in [2.05, 4.69) is 58.4 Å². The Morgan fingerprint density at radius 3 is 2.33 bits per heavy atom. The first-order chi connectivity index (χ1) is 14.7. The Balaban J connectivity index is 1.63. The molecule has 0 aliphatic carbocycles. The maximum absolute atomic E-state index is 13.4. The van der Waals surface area contributed by atoms with Crippen molar-refractivity contribution in [2.75, 3.05) is 0 Å². The van der Waals surface area contributed by atoms with Crippen LogP contribution in [-0.4, -0.2) is 9.55 Å². The van der Waals surface area contributed by atoms with Gasteiger partial charge in [0.05, 0.1) is 16.6 Å². The molecule has 0 aliphatic rings. The fourth-order valence-electron chi connectivity index (χ4n) is 3.59. The lowest BCUT2D eigenvalue weighted by Gasteiger charge is -2.14. The summed E-state index contributed by atoms with van der Waals surface area (Å²) in [5, 5.41) is 3.75. The summed E-state index contributed by atoms with van der Waals surface area (Å²) in [5.74, 6) is 0.725. The van der Waals surface area contributed by atoms with Crippen LogP contribution in [0.2, 0.25) is 0 Å².